The Morgan fingerprint density at radius 3 is 2.52 bits per heavy atom. The van der Waals surface area contributed by atoms with Crippen molar-refractivity contribution in [2.45, 2.75) is 13.5 Å². The molecule has 134 valence electrons. The fourth-order valence-electron chi connectivity index (χ4n) is 2.88. The van der Waals surface area contributed by atoms with Gasteiger partial charge >= 0.3 is 0 Å². The molecule has 1 aromatic carbocycles. The van der Waals surface area contributed by atoms with Crippen molar-refractivity contribution < 1.29 is 13.9 Å². The molecule has 0 saturated carbocycles. The number of halogens is 1. The maximum absolute atomic E-state index is 12.8. The van der Waals surface area contributed by atoms with E-state index in [4.69, 9.17) is 4.74 Å². The number of ether oxygens (including phenoxy) is 1. The van der Waals surface area contributed by atoms with Gasteiger partial charge in [0.15, 0.2) is 6.61 Å². The predicted octanol–water partition coefficient (Wildman–Crippen LogP) is 1.55. The van der Waals surface area contributed by atoms with Crippen LogP contribution in [0.5, 0.6) is 5.75 Å². The molecule has 0 radical (unpaired) electrons. The van der Waals surface area contributed by atoms with Gasteiger partial charge in [-0.2, -0.15) is 0 Å². The number of piperazine rings is 1. The normalized spacial score (nSPS) is 15.4. The number of rotatable bonds is 6. The highest BCUT2D eigenvalue weighted by molar-refractivity contribution is 5.77. The quantitative estimate of drug-likeness (QED) is 0.796. The van der Waals surface area contributed by atoms with Crippen molar-refractivity contribution in [3.05, 3.63) is 48.3 Å². The number of amides is 1. The smallest absolute Gasteiger partial charge is 0.260 e. The van der Waals surface area contributed by atoms with Gasteiger partial charge in [0, 0.05) is 51.7 Å². The highest BCUT2D eigenvalue weighted by Crippen LogP contribution is 2.11. The molecule has 0 bridgehead atoms. The van der Waals surface area contributed by atoms with Crippen molar-refractivity contribution in [2.24, 2.45) is 0 Å². The van der Waals surface area contributed by atoms with Gasteiger partial charge in [-0.25, -0.2) is 9.37 Å². The molecule has 0 aliphatic carbocycles. The van der Waals surface area contributed by atoms with Crippen molar-refractivity contribution in [3.8, 4) is 5.75 Å². The molecule has 0 spiro atoms. The topological polar surface area (TPSA) is 50.6 Å². The lowest BCUT2D eigenvalue weighted by molar-refractivity contribution is -0.135. The summed E-state index contributed by atoms with van der Waals surface area (Å²) in [5.41, 5.74) is 0. The van der Waals surface area contributed by atoms with Crippen LogP contribution in [0, 0.1) is 12.7 Å². The fraction of sp³-hybridized carbons (Fsp3) is 0.444. The van der Waals surface area contributed by atoms with Gasteiger partial charge in [-0.15, -0.1) is 0 Å². The summed E-state index contributed by atoms with van der Waals surface area (Å²) in [7, 11) is 0. The fourth-order valence-corrected chi connectivity index (χ4v) is 2.88. The molecule has 3 rings (SSSR count). The summed E-state index contributed by atoms with van der Waals surface area (Å²) in [6.07, 6.45) is 3.80. The van der Waals surface area contributed by atoms with E-state index in [0.29, 0.717) is 18.8 Å². The summed E-state index contributed by atoms with van der Waals surface area (Å²) in [5.74, 6) is 1.17. The van der Waals surface area contributed by atoms with Crippen LogP contribution in [0.1, 0.15) is 5.82 Å². The molecule has 0 N–H and O–H groups in total. The molecule has 0 unspecified atom stereocenters. The van der Waals surface area contributed by atoms with E-state index in [2.05, 4.69) is 14.5 Å². The van der Waals surface area contributed by atoms with Crippen LogP contribution in [-0.4, -0.2) is 64.6 Å². The first-order valence-corrected chi connectivity index (χ1v) is 8.48. The molecule has 1 aliphatic rings. The Labute approximate surface area is 146 Å². The zero-order valence-corrected chi connectivity index (χ0v) is 14.4. The molecule has 7 heteroatoms. The third kappa shape index (κ3) is 4.79. The van der Waals surface area contributed by atoms with E-state index in [0.717, 1.165) is 32.0 Å². The Kier molecular flexibility index (Phi) is 5.65. The van der Waals surface area contributed by atoms with Crippen LogP contribution in [0.25, 0.3) is 0 Å². The van der Waals surface area contributed by atoms with Crippen molar-refractivity contribution >= 4 is 5.91 Å². The molecule has 1 fully saturated rings. The van der Waals surface area contributed by atoms with Crippen molar-refractivity contribution in [2.75, 3.05) is 39.3 Å². The van der Waals surface area contributed by atoms with E-state index < -0.39 is 0 Å². The third-order valence-corrected chi connectivity index (χ3v) is 4.48. The molecule has 1 aliphatic heterocycles. The van der Waals surface area contributed by atoms with E-state index >= 15 is 0 Å². The Balaban J connectivity index is 1.38. The van der Waals surface area contributed by atoms with Crippen LogP contribution < -0.4 is 4.74 Å². The lowest BCUT2D eigenvalue weighted by Crippen LogP contribution is -2.50. The largest absolute Gasteiger partial charge is 0.484 e. The first-order valence-electron chi connectivity index (χ1n) is 8.48. The summed E-state index contributed by atoms with van der Waals surface area (Å²) in [4.78, 5) is 20.6. The van der Waals surface area contributed by atoms with Gasteiger partial charge in [0.25, 0.3) is 5.91 Å². The maximum Gasteiger partial charge on any atom is 0.260 e. The Morgan fingerprint density at radius 2 is 1.88 bits per heavy atom. The molecule has 1 aromatic heterocycles. The second-order valence-corrected chi connectivity index (χ2v) is 6.13. The number of nitrogens with zero attached hydrogens (tertiary/aromatic N) is 4. The average Bonchev–Trinajstić information content (AvgIpc) is 3.04. The number of carbonyl (C=O) groups is 1. The van der Waals surface area contributed by atoms with Crippen molar-refractivity contribution in [1.82, 2.24) is 19.4 Å². The first kappa shape index (κ1) is 17.4. The van der Waals surface area contributed by atoms with Gasteiger partial charge in [0.1, 0.15) is 17.4 Å². The number of imidazole rings is 1. The Hall–Kier alpha value is -2.41. The molecule has 1 saturated heterocycles. The number of carbonyl (C=O) groups excluding carboxylic acids is 1. The molecule has 2 heterocycles. The predicted molar refractivity (Wildman–Crippen MR) is 91.9 cm³/mol. The standard InChI is InChI=1S/C18H23FN4O2/c1-15-20-6-7-22(15)11-8-21-9-12-23(13-10-21)18(24)14-25-17-4-2-16(19)3-5-17/h2-7H,8-14H2,1H3. The highest BCUT2D eigenvalue weighted by atomic mass is 19.1. The molecular weight excluding hydrogens is 323 g/mol. The second kappa shape index (κ2) is 8.11. The van der Waals surface area contributed by atoms with Crippen LogP contribution in [0.3, 0.4) is 0 Å². The zero-order valence-electron chi connectivity index (χ0n) is 14.4. The van der Waals surface area contributed by atoms with E-state index in [1.807, 2.05) is 24.2 Å². The minimum absolute atomic E-state index is 0.0140. The summed E-state index contributed by atoms with van der Waals surface area (Å²) in [5, 5.41) is 0. The van der Waals surface area contributed by atoms with E-state index in [9.17, 15) is 9.18 Å². The summed E-state index contributed by atoms with van der Waals surface area (Å²) in [6.45, 7) is 6.96. The first-order chi connectivity index (χ1) is 12.1. The number of hydrogen-bond donors (Lipinski definition) is 0. The van der Waals surface area contributed by atoms with Crippen LogP contribution >= 0.6 is 0 Å². The molecule has 2 aromatic rings. The molecule has 0 atom stereocenters. The van der Waals surface area contributed by atoms with Gasteiger partial charge in [0.2, 0.25) is 0 Å². The molecule has 25 heavy (non-hydrogen) atoms. The van der Waals surface area contributed by atoms with Gasteiger partial charge < -0.3 is 14.2 Å². The molecule has 1 amide bonds. The minimum Gasteiger partial charge on any atom is -0.484 e. The van der Waals surface area contributed by atoms with Crippen LogP contribution in [0.2, 0.25) is 0 Å². The lowest BCUT2D eigenvalue weighted by Gasteiger charge is -2.34. The third-order valence-electron chi connectivity index (χ3n) is 4.48. The number of hydrogen-bond acceptors (Lipinski definition) is 4. The van der Waals surface area contributed by atoms with Crippen molar-refractivity contribution in [3.63, 3.8) is 0 Å². The van der Waals surface area contributed by atoms with E-state index in [1.165, 1.54) is 24.3 Å². The van der Waals surface area contributed by atoms with E-state index in [1.54, 1.807) is 0 Å². The lowest BCUT2D eigenvalue weighted by atomic mass is 10.3. The number of aryl methyl sites for hydroxylation is 1. The maximum atomic E-state index is 12.8. The van der Waals surface area contributed by atoms with Crippen LogP contribution in [-0.2, 0) is 11.3 Å². The summed E-state index contributed by atoms with van der Waals surface area (Å²) < 4.78 is 20.4. The number of aromatic nitrogens is 2. The summed E-state index contributed by atoms with van der Waals surface area (Å²) in [6, 6.07) is 5.69. The second-order valence-electron chi connectivity index (χ2n) is 6.13. The number of benzene rings is 1. The Morgan fingerprint density at radius 1 is 1.16 bits per heavy atom. The SMILES string of the molecule is Cc1nccn1CCN1CCN(C(=O)COc2ccc(F)cc2)CC1. The highest BCUT2D eigenvalue weighted by Gasteiger charge is 2.21. The average molecular weight is 346 g/mol. The Bertz CT molecular complexity index is 693. The van der Waals surface area contributed by atoms with Crippen LogP contribution in [0.15, 0.2) is 36.7 Å². The van der Waals surface area contributed by atoms with Gasteiger partial charge in [-0.3, -0.25) is 9.69 Å². The van der Waals surface area contributed by atoms with E-state index in [-0.39, 0.29) is 18.3 Å². The van der Waals surface area contributed by atoms with Gasteiger partial charge in [-0.1, -0.05) is 0 Å². The monoisotopic (exact) mass is 346 g/mol. The van der Waals surface area contributed by atoms with Gasteiger partial charge in [-0.05, 0) is 31.2 Å². The van der Waals surface area contributed by atoms with Gasteiger partial charge in [0.05, 0.1) is 0 Å². The summed E-state index contributed by atoms with van der Waals surface area (Å²) >= 11 is 0. The van der Waals surface area contributed by atoms with Crippen LogP contribution in [0.4, 0.5) is 4.39 Å². The zero-order chi connectivity index (χ0) is 17.6. The minimum atomic E-state index is -0.319. The molecular formula is C18H23FN4O2. The molecule has 6 nitrogen and oxygen atoms in total. The van der Waals surface area contributed by atoms with Crippen molar-refractivity contribution in [1.29, 1.82) is 0 Å².